The van der Waals surface area contributed by atoms with Gasteiger partial charge in [0.15, 0.2) is 5.82 Å². The summed E-state index contributed by atoms with van der Waals surface area (Å²) in [6, 6.07) is 11.8. The number of carbonyl (C=O) groups is 6. The number of likely N-dealkylation sites (N-methyl/N-ethyl adjacent to an activating group) is 1. The summed E-state index contributed by atoms with van der Waals surface area (Å²) in [6.07, 6.45) is 4.12. The molecule has 1 radical (unpaired) electrons. The molecule has 2 heterocycles. The molecular formula is C43H59IN11O9Y-. The number of aryl methyl sites for hydroxylation is 1. The fourth-order valence-corrected chi connectivity index (χ4v) is 7.47. The average molecular weight is 1090 g/mol. The van der Waals surface area contributed by atoms with Crippen LogP contribution >= 0.6 is 22.6 Å². The van der Waals surface area contributed by atoms with Crippen LogP contribution in [0.5, 0.6) is 0 Å². The summed E-state index contributed by atoms with van der Waals surface area (Å²) in [6.45, 7) is 0.902. The molecule has 0 fully saturated rings. The maximum atomic E-state index is 13.3. The zero-order valence-corrected chi connectivity index (χ0v) is 41.5. The van der Waals surface area contributed by atoms with E-state index in [1.54, 1.807) is 24.1 Å². The third kappa shape index (κ3) is 18.1. The number of aromatic nitrogens is 2. The normalized spacial score (nSPS) is 13.8. The van der Waals surface area contributed by atoms with Crippen LogP contribution in [-0.2, 0) is 63.1 Å². The molecule has 3 atom stereocenters. The van der Waals surface area contributed by atoms with Crippen LogP contribution in [0.4, 0.5) is 23.1 Å². The number of carbonyl (C=O) groups excluding carboxylic acids is 4. The van der Waals surface area contributed by atoms with E-state index in [0.717, 1.165) is 19.3 Å². The number of fused-ring (bicyclic) bond motifs is 1. The van der Waals surface area contributed by atoms with Gasteiger partial charge in [-0.05, 0) is 116 Å². The molecule has 1 aliphatic rings. The molecule has 351 valence electrons. The van der Waals surface area contributed by atoms with Gasteiger partial charge in [0.25, 0.3) is 11.5 Å². The van der Waals surface area contributed by atoms with Crippen molar-refractivity contribution < 1.29 is 71.7 Å². The van der Waals surface area contributed by atoms with Crippen molar-refractivity contribution >= 4 is 81.3 Å². The van der Waals surface area contributed by atoms with Gasteiger partial charge in [0.1, 0.15) is 17.8 Å². The van der Waals surface area contributed by atoms with Crippen LogP contribution in [0.25, 0.3) is 5.73 Å². The van der Waals surface area contributed by atoms with Gasteiger partial charge in [-0.25, -0.2) is 9.59 Å². The Balaban J connectivity index is 0.0000112. The molecule has 0 bridgehead atoms. The summed E-state index contributed by atoms with van der Waals surface area (Å²) in [5.74, 6) is -4.23. The number of aliphatic carboxylic acids is 2. The van der Waals surface area contributed by atoms with Gasteiger partial charge in [0, 0.05) is 93.6 Å². The molecule has 3 aromatic rings. The fourth-order valence-electron chi connectivity index (χ4n) is 7.11. The zero-order chi connectivity index (χ0) is 46.6. The van der Waals surface area contributed by atoms with Crippen LogP contribution in [-0.4, -0.2) is 125 Å². The van der Waals surface area contributed by atoms with E-state index < -0.39 is 48.3 Å². The molecule has 4 rings (SSSR count). The van der Waals surface area contributed by atoms with Crippen LogP contribution in [0.2, 0.25) is 0 Å². The van der Waals surface area contributed by atoms with Gasteiger partial charge < -0.3 is 58.1 Å². The number of amides is 4. The van der Waals surface area contributed by atoms with Gasteiger partial charge in [0.2, 0.25) is 23.7 Å². The van der Waals surface area contributed by atoms with Crippen molar-refractivity contribution in [2.45, 2.75) is 88.8 Å². The number of unbranched alkanes of at least 4 members (excludes halogenated alkanes) is 3. The zero-order valence-electron chi connectivity index (χ0n) is 36.5. The van der Waals surface area contributed by atoms with E-state index in [1.807, 2.05) is 0 Å². The molecule has 0 unspecified atom stereocenters. The first-order valence-electron chi connectivity index (χ1n) is 21.4. The van der Waals surface area contributed by atoms with Crippen molar-refractivity contribution in [2.75, 3.05) is 67.6 Å². The maximum Gasteiger partial charge on any atom is 0.326 e. The molecule has 4 amide bonds. The minimum absolute atomic E-state index is 0. The van der Waals surface area contributed by atoms with Gasteiger partial charge >= 0.3 is 11.9 Å². The van der Waals surface area contributed by atoms with Crippen LogP contribution in [0.1, 0.15) is 80.1 Å². The van der Waals surface area contributed by atoms with Gasteiger partial charge in [-0.2, -0.15) is 11.5 Å². The number of anilines is 4. The Hall–Kier alpha value is -4.87. The molecule has 0 saturated heterocycles. The molecule has 65 heavy (non-hydrogen) atoms. The quantitative estimate of drug-likeness (QED) is 0.0392. The predicted octanol–water partition coefficient (Wildman–Crippen LogP) is 3.19. The topological polar surface area (TPSA) is 305 Å². The van der Waals surface area contributed by atoms with Crippen molar-refractivity contribution in [3.63, 3.8) is 0 Å². The predicted molar refractivity (Wildman–Crippen MR) is 251 cm³/mol. The van der Waals surface area contributed by atoms with Crippen molar-refractivity contribution in [1.29, 1.82) is 0 Å². The second-order valence-electron chi connectivity index (χ2n) is 15.5. The summed E-state index contributed by atoms with van der Waals surface area (Å²) >= 11 is 2.26. The van der Waals surface area contributed by atoms with E-state index in [0.29, 0.717) is 68.9 Å². The largest absolute Gasteiger partial charge is 0.677 e. The second kappa shape index (κ2) is 28.2. The number of carboxylic acids is 2. The number of nitrogen functional groups attached to an aromatic ring is 1. The summed E-state index contributed by atoms with van der Waals surface area (Å²) in [7, 11) is 1.77. The van der Waals surface area contributed by atoms with Gasteiger partial charge in [-0.3, -0.25) is 29.0 Å². The summed E-state index contributed by atoms with van der Waals surface area (Å²) in [4.78, 5) is 97.9. The molecule has 11 N–H and O–H groups in total. The number of hydrogen-bond acceptors (Lipinski definition) is 12. The Morgan fingerprint density at radius 1 is 0.923 bits per heavy atom. The average Bonchev–Trinajstić information content (AvgIpc) is 3.26. The number of carboxylic acid groups (broad SMARTS) is 2. The van der Waals surface area contributed by atoms with E-state index in [4.69, 9.17) is 11.5 Å². The van der Waals surface area contributed by atoms with Crippen molar-refractivity contribution in [2.24, 2.45) is 0 Å². The molecule has 0 aliphatic carbocycles. The summed E-state index contributed by atoms with van der Waals surface area (Å²) < 4.78 is 1.17. The first-order valence-corrected chi connectivity index (χ1v) is 22.4. The van der Waals surface area contributed by atoms with E-state index >= 15 is 0 Å². The first kappa shape index (κ1) is 54.5. The van der Waals surface area contributed by atoms with Crippen molar-refractivity contribution in [1.82, 2.24) is 30.8 Å². The number of nitrogens with one attached hydrogen (secondary N) is 7. The van der Waals surface area contributed by atoms with Crippen molar-refractivity contribution in [3.8, 4) is 0 Å². The van der Waals surface area contributed by atoms with E-state index in [1.165, 1.54) is 26.2 Å². The molecular weight excluding hydrogens is 1030 g/mol. The third-order valence-electron chi connectivity index (χ3n) is 10.8. The first-order chi connectivity index (χ1) is 30.7. The van der Waals surface area contributed by atoms with Gasteiger partial charge in [0.05, 0.1) is 12.6 Å². The van der Waals surface area contributed by atoms with Crippen LogP contribution in [0, 0.1) is 3.57 Å². The Bertz CT molecular complexity index is 2110. The number of benzene rings is 2. The monoisotopic (exact) mass is 1090 g/mol. The summed E-state index contributed by atoms with van der Waals surface area (Å²) in [5, 5.41) is 34.0. The molecule has 20 nitrogen and oxygen atoms in total. The third-order valence-corrected chi connectivity index (χ3v) is 11.5. The van der Waals surface area contributed by atoms with Gasteiger partial charge in [-0.1, -0.05) is 18.6 Å². The number of rotatable bonds is 27. The molecule has 1 aromatic heterocycles. The molecule has 0 spiro atoms. The van der Waals surface area contributed by atoms with Crippen LogP contribution in [0.15, 0.2) is 53.3 Å². The Labute approximate surface area is 416 Å². The van der Waals surface area contributed by atoms with Crippen LogP contribution < -0.4 is 42.8 Å². The number of nitrogens with zero attached hydrogens (tertiary/aromatic N) is 3. The number of hydrogen-bond donors (Lipinski definition) is 9. The van der Waals surface area contributed by atoms with Crippen molar-refractivity contribution in [3.05, 3.63) is 79.3 Å². The smallest absolute Gasteiger partial charge is 0.326 e. The Morgan fingerprint density at radius 3 is 2.31 bits per heavy atom. The van der Waals surface area contributed by atoms with Gasteiger partial charge in [-0.15, -0.1) is 0 Å². The number of halogens is 1. The number of nitrogens with two attached hydrogens (primary N) is 1. The minimum atomic E-state index is -1.43. The number of aromatic amines is 1. The molecule has 1 aliphatic heterocycles. The number of H-pyrrole nitrogens is 1. The molecule has 22 heteroatoms. The molecule has 0 saturated carbocycles. The maximum absolute atomic E-state index is 13.3. The summed E-state index contributed by atoms with van der Waals surface area (Å²) in [5.41, 5.74) is 15.2. The van der Waals surface area contributed by atoms with E-state index in [-0.39, 0.29) is 94.1 Å². The molecule has 2 aromatic carbocycles. The Kier molecular flexibility index (Phi) is 23.7. The van der Waals surface area contributed by atoms with Crippen LogP contribution in [0.3, 0.4) is 0 Å². The minimum Gasteiger partial charge on any atom is -0.677 e. The Morgan fingerprint density at radius 2 is 1.63 bits per heavy atom. The SMILES string of the molecule is CN1c2c(nc(N)[nH]c2=O)NC[C@H]1CNc1ccc(C(=O)N[C@@H](CCC(=O)NCC(=O)N(CCCC[NH-])[C@@H](CCCCNC(=O)CCCCc2ccc(I)cc2)C(=O)O)C(=O)O)cc1.[Y]. The fraction of sp³-hybridized carbons (Fsp3) is 0.488. The second-order valence-corrected chi connectivity index (χ2v) is 16.8. The standard InChI is InChI=1S/C43H59IN11O9.Y/c1-54-31(25-50-38-37(54)40(60)53-43(46)52-38)24-48-30-17-13-28(14-18-30)39(59)51-32(41(61)62)19-20-35(57)49-26-36(58)55(23-7-5-21-45)33(42(63)64)9-4-6-22-47-34(56)10-3-2-8-27-11-15-29(44)16-12-27;/h11-18,31-33,45,48H,2-10,19-26H2,1H3,(H,47,56)(H,49,57)(H,51,59)(H,61,62)(H,63,64)(H4,46,50,52,53,60);/q-1;/t31-,32+,33+;/m1./s1. The van der Waals surface area contributed by atoms with E-state index in [2.05, 4.69) is 83.4 Å². The van der Waals surface area contributed by atoms with E-state index in [9.17, 15) is 43.8 Å².